The first-order valence-electron chi connectivity index (χ1n) is 10.6. The predicted molar refractivity (Wildman–Crippen MR) is 115 cm³/mol. The first kappa shape index (κ1) is 21.0. The van der Waals surface area contributed by atoms with Crippen LogP contribution in [0.2, 0.25) is 0 Å². The number of carbonyl (C=O) groups excluding carboxylic acids is 2. The van der Waals surface area contributed by atoms with E-state index in [-0.39, 0.29) is 29.2 Å². The zero-order chi connectivity index (χ0) is 22.0. The van der Waals surface area contributed by atoms with Gasteiger partial charge < -0.3 is 24.2 Å². The topological polar surface area (TPSA) is 85.3 Å². The Bertz CT molecular complexity index is 982. The molecule has 0 bridgehead atoms. The standard InChI is InChI=1S/C24H27NO6/c1-29-21-8-7-15(11-22(21)31-20-5-3-4-6-20)17-12-23(27)25(14-17)18-9-16(24(28)30-2)10-19(26)13-18/h7-11,13,17,20,26H,3-6,12,14H2,1-2H3. The second-order valence-electron chi connectivity index (χ2n) is 8.07. The van der Waals surface area contributed by atoms with Crippen molar-refractivity contribution in [2.45, 2.75) is 44.1 Å². The number of methoxy groups -OCH3 is 2. The Kier molecular flexibility index (Phi) is 6.02. The minimum absolute atomic E-state index is 0.0340. The van der Waals surface area contributed by atoms with Crippen LogP contribution in [0.1, 0.15) is 53.9 Å². The van der Waals surface area contributed by atoms with Gasteiger partial charge in [0.1, 0.15) is 5.75 Å². The van der Waals surface area contributed by atoms with Crippen LogP contribution in [0.3, 0.4) is 0 Å². The Morgan fingerprint density at radius 3 is 2.55 bits per heavy atom. The molecule has 1 aliphatic carbocycles. The summed E-state index contributed by atoms with van der Waals surface area (Å²) in [6.07, 6.45) is 4.98. The van der Waals surface area contributed by atoms with Crippen molar-refractivity contribution in [3.8, 4) is 17.2 Å². The van der Waals surface area contributed by atoms with Crippen LogP contribution < -0.4 is 14.4 Å². The van der Waals surface area contributed by atoms with Crippen LogP contribution in [0.4, 0.5) is 5.69 Å². The molecule has 2 fully saturated rings. The van der Waals surface area contributed by atoms with Gasteiger partial charge in [-0.25, -0.2) is 4.79 Å². The normalized spacial score (nSPS) is 19.0. The van der Waals surface area contributed by atoms with Gasteiger partial charge in [0.2, 0.25) is 5.91 Å². The first-order valence-corrected chi connectivity index (χ1v) is 10.6. The molecule has 1 saturated heterocycles. The lowest BCUT2D eigenvalue weighted by atomic mass is 9.98. The van der Waals surface area contributed by atoms with E-state index in [4.69, 9.17) is 14.2 Å². The fourth-order valence-electron chi connectivity index (χ4n) is 4.39. The van der Waals surface area contributed by atoms with Gasteiger partial charge in [0.05, 0.1) is 25.9 Å². The van der Waals surface area contributed by atoms with Crippen molar-refractivity contribution in [3.63, 3.8) is 0 Å². The molecule has 1 N–H and O–H groups in total. The molecular weight excluding hydrogens is 398 g/mol. The molecule has 1 atom stereocenters. The maximum atomic E-state index is 12.8. The molecule has 31 heavy (non-hydrogen) atoms. The van der Waals surface area contributed by atoms with Crippen molar-refractivity contribution in [2.75, 3.05) is 25.7 Å². The molecule has 1 saturated carbocycles. The van der Waals surface area contributed by atoms with Crippen LogP contribution in [-0.4, -0.2) is 43.9 Å². The number of esters is 1. The van der Waals surface area contributed by atoms with Crippen LogP contribution >= 0.6 is 0 Å². The third kappa shape index (κ3) is 4.45. The van der Waals surface area contributed by atoms with Crippen LogP contribution in [0.5, 0.6) is 17.2 Å². The summed E-state index contributed by atoms with van der Waals surface area (Å²) in [4.78, 5) is 26.3. The molecule has 0 aromatic heterocycles. The molecule has 164 valence electrons. The Balaban J connectivity index is 1.57. The van der Waals surface area contributed by atoms with Crippen molar-refractivity contribution >= 4 is 17.6 Å². The van der Waals surface area contributed by atoms with Gasteiger partial charge in [-0.05, 0) is 55.5 Å². The molecule has 0 spiro atoms. The predicted octanol–water partition coefficient (Wildman–Crippen LogP) is 4.03. The Hall–Kier alpha value is -3.22. The van der Waals surface area contributed by atoms with Gasteiger partial charge in [-0.1, -0.05) is 6.07 Å². The molecule has 1 heterocycles. The SMILES string of the molecule is COC(=O)c1cc(O)cc(N2CC(c3ccc(OC)c(OC4CCCC4)c3)CC2=O)c1. The Labute approximate surface area is 181 Å². The van der Waals surface area contributed by atoms with E-state index in [0.29, 0.717) is 30.2 Å². The minimum Gasteiger partial charge on any atom is -0.508 e. The summed E-state index contributed by atoms with van der Waals surface area (Å²) < 4.78 is 16.4. The lowest BCUT2D eigenvalue weighted by Gasteiger charge is -2.20. The van der Waals surface area contributed by atoms with E-state index in [2.05, 4.69) is 0 Å². The van der Waals surface area contributed by atoms with E-state index in [9.17, 15) is 14.7 Å². The van der Waals surface area contributed by atoms with Gasteiger partial charge in [-0.2, -0.15) is 0 Å². The van der Waals surface area contributed by atoms with E-state index in [0.717, 1.165) is 18.4 Å². The van der Waals surface area contributed by atoms with E-state index in [1.807, 2.05) is 18.2 Å². The highest BCUT2D eigenvalue weighted by molar-refractivity contribution is 5.98. The maximum Gasteiger partial charge on any atom is 0.338 e. The molecule has 1 aliphatic heterocycles. The zero-order valence-corrected chi connectivity index (χ0v) is 17.8. The van der Waals surface area contributed by atoms with Gasteiger partial charge in [0, 0.05) is 30.6 Å². The van der Waals surface area contributed by atoms with Crippen LogP contribution in [0.15, 0.2) is 36.4 Å². The van der Waals surface area contributed by atoms with Gasteiger partial charge in [0.25, 0.3) is 0 Å². The number of aromatic hydroxyl groups is 1. The highest BCUT2D eigenvalue weighted by atomic mass is 16.5. The molecule has 4 rings (SSSR count). The summed E-state index contributed by atoms with van der Waals surface area (Å²) in [6, 6.07) is 10.2. The van der Waals surface area contributed by atoms with Crippen molar-refractivity contribution in [1.29, 1.82) is 0 Å². The summed E-state index contributed by atoms with van der Waals surface area (Å²) in [6.45, 7) is 0.443. The summed E-state index contributed by atoms with van der Waals surface area (Å²) in [5, 5.41) is 10.0. The smallest absolute Gasteiger partial charge is 0.338 e. The largest absolute Gasteiger partial charge is 0.508 e. The van der Waals surface area contributed by atoms with E-state index >= 15 is 0 Å². The number of amides is 1. The quantitative estimate of drug-likeness (QED) is 0.704. The second-order valence-corrected chi connectivity index (χ2v) is 8.07. The van der Waals surface area contributed by atoms with Gasteiger partial charge >= 0.3 is 5.97 Å². The monoisotopic (exact) mass is 425 g/mol. The molecular formula is C24H27NO6. The second kappa shape index (κ2) is 8.88. The first-order chi connectivity index (χ1) is 15.0. The molecule has 2 aliphatic rings. The summed E-state index contributed by atoms with van der Waals surface area (Å²) in [7, 11) is 2.90. The summed E-state index contributed by atoms with van der Waals surface area (Å²) in [5.74, 6) is 0.638. The van der Waals surface area contributed by atoms with Crippen LogP contribution in [-0.2, 0) is 9.53 Å². The minimum atomic E-state index is -0.566. The molecule has 1 unspecified atom stereocenters. The zero-order valence-electron chi connectivity index (χ0n) is 17.8. The highest BCUT2D eigenvalue weighted by Gasteiger charge is 2.33. The fraction of sp³-hybridized carbons (Fsp3) is 0.417. The Morgan fingerprint density at radius 2 is 1.84 bits per heavy atom. The third-order valence-corrected chi connectivity index (χ3v) is 6.02. The van der Waals surface area contributed by atoms with Crippen molar-refractivity contribution < 1.29 is 28.9 Å². The molecule has 2 aromatic rings. The third-order valence-electron chi connectivity index (χ3n) is 6.02. The summed E-state index contributed by atoms with van der Waals surface area (Å²) >= 11 is 0. The fourth-order valence-corrected chi connectivity index (χ4v) is 4.39. The number of ether oxygens (including phenoxy) is 3. The number of phenolic OH excluding ortho intramolecular Hbond substituents is 1. The van der Waals surface area contributed by atoms with E-state index in [1.165, 1.54) is 32.1 Å². The number of anilines is 1. The van der Waals surface area contributed by atoms with Crippen LogP contribution in [0, 0.1) is 0 Å². The molecule has 7 heteroatoms. The molecule has 0 radical (unpaired) electrons. The number of hydrogen-bond donors (Lipinski definition) is 1. The maximum absolute atomic E-state index is 12.8. The Morgan fingerprint density at radius 1 is 1.06 bits per heavy atom. The number of carbonyl (C=O) groups is 2. The van der Waals surface area contributed by atoms with E-state index < -0.39 is 5.97 Å². The van der Waals surface area contributed by atoms with Crippen molar-refractivity contribution in [2.24, 2.45) is 0 Å². The van der Waals surface area contributed by atoms with Gasteiger partial charge in [0.15, 0.2) is 11.5 Å². The number of nitrogens with zero attached hydrogens (tertiary/aromatic N) is 1. The lowest BCUT2D eigenvalue weighted by molar-refractivity contribution is -0.117. The van der Waals surface area contributed by atoms with Crippen molar-refractivity contribution in [1.82, 2.24) is 0 Å². The van der Waals surface area contributed by atoms with Crippen LogP contribution in [0.25, 0.3) is 0 Å². The van der Waals surface area contributed by atoms with Gasteiger partial charge in [-0.15, -0.1) is 0 Å². The molecule has 1 amide bonds. The van der Waals surface area contributed by atoms with E-state index in [1.54, 1.807) is 18.1 Å². The van der Waals surface area contributed by atoms with Gasteiger partial charge in [-0.3, -0.25) is 4.79 Å². The number of benzene rings is 2. The molecule has 7 nitrogen and oxygen atoms in total. The highest BCUT2D eigenvalue weighted by Crippen LogP contribution is 2.38. The average Bonchev–Trinajstić information content (AvgIpc) is 3.42. The number of phenols is 1. The summed E-state index contributed by atoms with van der Waals surface area (Å²) in [5.41, 5.74) is 1.67. The van der Waals surface area contributed by atoms with Crippen molar-refractivity contribution in [3.05, 3.63) is 47.5 Å². The number of rotatable bonds is 6. The number of hydrogen-bond acceptors (Lipinski definition) is 6. The molecule has 2 aromatic carbocycles. The average molecular weight is 425 g/mol. The lowest BCUT2D eigenvalue weighted by Crippen LogP contribution is -2.24.